The number of hydrogen-bond donors (Lipinski definition) is 1. The van der Waals surface area contributed by atoms with Crippen molar-refractivity contribution in [2.24, 2.45) is 5.73 Å². The van der Waals surface area contributed by atoms with Crippen molar-refractivity contribution in [3.05, 3.63) is 35.4 Å². The first-order valence-corrected chi connectivity index (χ1v) is 5.90. The normalized spacial score (nSPS) is 12.7. The Labute approximate surface area is 101 Å². The van der Waals surface area contributed by atoms with Crippen LogP contribution in [0.2, 0.25) is 0 Å². The number of halogens is 2. The van der Waals surface area contributed by atoms with Crippen LogP contribution in [-0.4, -0.2) is 19.3 Å². The third-order valence-corrected chi connectivity index (χ3v) is 2.40. The maximum atomic E-state index is 12.9. The standard InChI is InChI=1S/C13H19F2NO/c1-2-4-17-5-3-13(16)8-10-6-11(14)9-12(15)7-10/h6-7,9,13H,2-5,8,16H2,1H3. The SMILES string of the molecule is CCCOCCC(N)Cc1cc(F)cc(F)c1. The van der Waals surface area contributed by atoms with Gasteiger partial charge >= 0.3 is 0 Å². The van der Waals surface area contributed by atoms with Crippen LogP contribution in [0.3, 0.4) is 0 Å². The lowest BCUT2D eigenvalue weighted by Crippen LogP contribution is -2.24. The number of hydrogen-bond acceptors (Lipinski definition) is 2. The molecular weight excluding hydrogens is 224 g/mol. The summed E-state index contributed by atoms with van der Waals surface area (Å²) in [5, 5.41) is 0. The zero-order valence-electron chi connectivity index (χ0n) is 10.1. The second kappa shape index (κ2) is 7.35. The molecule has 0 amide bonds. The molecule has 1 unspecified atom stereocenters. The first-order valence-electron chi connectivity index (χ1n) is 5.90. The predicted octanol–water partition coefficient (Wildman–Crippen LogP) is 2.65. The molecule has 0 saturated carbocycles. The van der Waals surface area contributed by atoms with Crippen molar-refractivity contribution in [2.75, 3.05) is 13.2 Å². The van der Waals surface area contributed by atoms with Crippen molar-refractivity contribution in [2.45, 2.75) is 32.2 Å². The Morgan fingerprint density at radius 1 is 1.18 bits per heavy atom. The summed E-state index contributed by atoms with van der Waals surface area (Å²) < 4.78 is 31.2. The Morgan fingerprint density at radius 2 is 1.82 bits per heavy atom. The number of rotatable bonds is 7. The summed E-state index contributed by atoms with van der Waals surface area (Å²) in [7, 11) is 0. The third kappa shape index (κ3) is 5.75. The third-order valence-electron chi connectivity index (χ3n) is 2.40. The van der Waals surface area contributed by atoms with Gasteiger partial charge < -0.3 is 10.5 Å². The summed E-state index contributed by atoms with van der Waals surface area (Å²) in [6.07, 6.45) is 2.13. The van der Waals surface area contributed by atoms with Crippen molar-refractivity contribution >= 4 is 0 Å². The van der Waals surface area contributed by atoms with Crippen LogP contribution >= 0.6 is 0 Å². The molecule has 0 heterocycles. The van der Waals surface area contributed by atoms with Crippen molar-refractivity contribution in [3.63, 3.8) is 0 Å². The van der Waals surface area contributed by atoms with E-state index in [1.54, 1.807) is 0 Å². The molecule has 0 fully saturated rings. The smallest absolute Gasteiger partial charge is 0.126 e. The quantitative estimate of drug-likeness (QED) is 0.747. The lowest BCUT2D eigenvalue weighted by atomic mass is 10.0. The topological polar surface area (TPSA) is 35.2 Å². The van der Waals surface area contributed by atoms with Gasteiger partial charge in [0.25, 0.3) is 0 Å². The van der Waals surface area contributed by atoms with Gasteiger partial charge in [-0.2, -0.15) is 0 Å². The molecule has 0 aliphatic carbocycles. The molecule has 1 atom stereocenters. The molecule has 0 aromatic heterocycles. The average molecular weight is 243 g/mol. The second-order valence-corrected chi connectivity index (χ2v) is 4.14. The largest absolute Gasteiger partial charge is 0.381 e. The Bertz CT molecular complexity index is 324. The molecule has 4 heteroatoms. The van der Waals surface area contributed by atoms with Gasteiger partial charge in [0, 0.05) is 25.3 Å². The van der Waals surface area contributed by atoms with Gasteiger partial charge in [-0.25, -0.2) is 8.78 Å². The summed E-state index contributed by atoms with van der Waals surface area (Å²) in [5.74, 6) is -1.12. The highest BCUT2D eigenvalue weighted by Gasteiger charge is 2.07. The van der Waals surface area contributed by atoms with Crippen LogP contribution in [0.4, 0.5) is 8.78 Å². The monoisotopic (exact) mass is 243 g/mol. The van der Waals surface area contributed by atoms with E-state index in [2.05, 4.69) is 0 Å². The van der Waals surface area contributed by atoms with Gasteiger partial charge in [0.15, 0.2) is 0 Å². The average Bonchev–Trinajstić information content (AvgIpc) is 2.23. The van der Waals surface area contributed by atoms with Gasteiger partial charge in [0.1, 0.15) is 11.6 Å². The van der Waals surface area contributed by atoms with Gasteiger partial charge in [-0.3, -0.25) is 0 Å². The second-order valence-electron chi connectivity index (χ2n) is 4.14. The minimum absolute atomic E-state index is 0.131. The van der Waals surface area contributed by atoms with Crippen molar-refractivity contribution < 1.29 is 13.5 Å². The molecule has 0 aliphatic rings. The van der Waals surface area contributed by atoms with E-state index in [1.807, 2.05) is 6.92 Å². The molecule has 1 rings (SSSR count). The number of benzene rings is 1. The highest BCUT2D eigenvalue weighted by atomic mass is 19.1. The minimum atomic E-state index is -0.561. The first kappa shape index (κ1) is 14.1. The molecule has 0 aliphatic heterocycles. The lowest BCUT2D eigenvalue weighted by Gasteiger charge is -2.12. The zero-order chi connectivity index (χ0) is 12.7. The maximum absolute atomic E-state index is 12.9. The maximum Gasteiger partial charge on any atom is 0.126 e. The van der Waals surface area contributed by atoms with Crippen LogP contribution in [0.5, 0.6) is 0 Å². The van der Waals surface area contributed by atoms with Gasteiger partial charge in [-0.05, 0) is 37.0 Å². The van der Waals surface area contributed by atoms with Gasteiger partial charge in [-0.1, -0.05) is 6.92 Å². The highest BCUT2D eigenvalue weighted by molar-refractivity contribution is 5.18. The van der Waals surface area contributed by atoms with Crippen LogP contribution < -0.4 is 5.73 Å². The molecule has 96 valence electrons. The van der Waals surface area contributed by atoms with E-state index in [0.29, 0.717) is 25.0 Å². The van der Waals surface area contributed by atoms with Crippen LogP contribution in [-0.2, 0) is 11.2 Å². The lowest BCUT2D eigenvalue weighted by molar-refractivity contribution is 0.127. The van der Waals surface area contributed by atoms with Crippen LogP contribution in [0, 0.1) is 11.6 Å². The molecule has 0 bridgehead atoms. The number of nitrogens with two attached hydrogens (primary N) is 1. The first-order chi connectivity index (χ1) is 8.11. The number of ether oxygens (including phenoxy) is 1. The molecule has 17 heavy (non-hydrogen) atoms. The van der Waals surface area contributed by atoms with Gasteiger partial charge in [0.2, 0.25) is 0 Å². The molecular formula is C13H19F2NO. The summed E-state index contributed by atoms with van der Waals surface area (Å²) in [4.78, 5) is 0. The predicted molar refractivity (Wildman–Crippen MR) is 63.8 cm³/mol. The van der Waals surface area contributed by atoms with Crippen LogP contribution in [0.25, 0.3) is 0 Å². The van der Waals surface area contributed by atoms with Gasteiger partial charge in [0.05, 0.1) is 0 Å². The van der Waals surface area contributed by atoms with Crippen molar-refractivity contribution in [3.8, 4) is 0 Å². The molecule has 1 aromatic rings. The molecule has 0 radical (unpaired) electrons. The van der Waals surface area contributed by atoms with E-state index in [4.69, 9.17) is 10.5 Å². The van der Waals surface area contributed by atoms with Crippen molar-refractivity contribution in [1.29, 1.82) is 0 Å². The molecule has 2 nitrogen and oxygen atoms in total. The molecule has 0 spiro atoms. The molecule has 0 saturated heterocycles. The Morgan fingerprint density at radius 3 is 2.41 bits per heavy atom. The Balaban J connectivity index is 2.36. The Hall–Kier alpha value is -1.00. The summed E-state index contributed by atoms with van der Waals surface area (Å²) >= 11 is 0. The molecule has 1 aromatic carbocycles. The minimum Gasteiger partial charge on any atom is -0.381 e. The van der Waals surface area contributed by atoms with E-state index in [9.17, 15) is 8.78 Å². The fourth-order valence-electron chi connectivity index (χ4n) is 1.61. The fraction of sp³-hybridized carbons (Fsp3) is 0.538. The summed E-state index contributed by atoms with van der Waals surface area (Å²) in [6, 6.07) is 3.36. The van der Waals surface area contributed by atoms with E-state index < -0.39 is 11.6 Å². The van der Waals surface area contributed by atoms with Crippen LogP contribution in [0.15, 0.2) is 18.2 Å². The van der Waals surface area contributed by atoms with E-state index in [-0.39, 0.29) is 6.04 Å². The fourth-order valence-corrected chi connectivity index (χ4v) is 1.61. The van der Waals surface area contributed by atoms with Crippen LogP contribution in [0.1, 0.15) is 25.3 Å². The summed E-state index contributed by atoms with van der Waals surface area (Å²) in [5.41, 5.74) is 6.45. The Kier molecular flexibility index (Phi) is 6.08. The van der Waals surface area contributed by atoms with E-state index in [0.717, 1.165) is 19.1 Å². The summed E-state index contributed by atoms with van der Waals surface area (Å²) in [6.45, 7) is 3.35. The van der Waals surface area contributed by atoms with Gasteiger partial charge in [-0.15, -0.1) is 0 Å². The molecule has 2 N–H and O–H groups in total. The van der Waals surface area contributed by atoms with E-state index in [1.165, 1.54) is 12.1 Å². The highest BCUT2D eigenvalue weighted by Crippen LogP contribution is 2.10. The van der Waals surface area contributed by atoms with E-state index >= 15 is 0 Å². The zero-order valence-corrected chi connectivity index (χ0v) is 10.1. The van der Waals surface area contributed by atoms with Crippen molar-refractivity contribution in [1.82, 2.24) is 0 Å².